The Balaban J connectivity index is 1.82. The summed E-state index contributed by atoms with van der Waals surface area (Å²) in [5.74, 6) is -0.189. The molecule has 2 saturated heterocycles. The Morgan fingerprint density at radius 2 is 1.75 bits per heavy atom. The zero-order valence-electron chi connectivity index (χ0n) is 12.1. The van der Waals surface area contributed by atoms with Crippen LogP contribution in [0.15, 0.2) is 0 Å². The lowest BCUT2D eigenvalue weighted by Crippen LogP contribution is -2.46. The third-order valence-electron chi connectivity index (χ3n) is 4.68. The smallest absolute Gasteiger partial charge is 0.303 e. The molecule has 0 aromatic rings. The van der Waals surface area contributed by atoms with Crippen LogP contribution < -0.4 is 5.73 Å². The first-order chi connectivity index (χ1) is 9.61. The topological polar surface area (TPSA) is 83.6 Å². The Morgan fingerprint density at radius 3 is 2.30 bits per heavy atom. The van der Waals surface area contributed by atoms with Gasteiger partial charge in [-0.15, -0.1) is 0 Å². The van der Waals surface area contributed by atoms with Gasteiger partial charge in [0.15, 0.2) is 0 Å². The van der Waals surface area contributed by atoms with Crippen LogP contribution in [0.4, 0.5) is 0 Å². The van der Waals surface area contributed by atoms with Gasteiger partial charge in [-0.05, 0) is 51.0 Å². The van der Waals surface area contributed by atoms with Crippen LogP contribution in [-0.4, -0.2) is 40.5 Å². The molecule has 0 aromatic heterocycles. The van der Waals surface area contributed by atoms with E-state index in [1.807, 2.05) is 0 Å². The van der Waals surface area contributed by atoms with Crippen LogP contribution in [-0.2, 0) is 9.59 Å². The van der Waals surface area contributed by atoms with Crippen LogP contribution in [0.5, 0.6) is 0 Å². The van der Waals surface area contributed by atoms with Crippen molar-refractivity contribution in [1.29, 1.82) is 0 Å². The lowest BCUT2D eigenvalue weighted by Gasteiger charge is -2.38. The number of fused-ring (bicyclic) bond motifs is 2. The number of nitrogens with two attached hydrogens (primary N) is 1. The minimum absolute atomic E-state index is 0.255. The molecule has 0 spiro atoms. The second-order valence-electron chi connectivity index (χ2n) is 6.22. The van der Waals surface area contributed by atoms with Crippen molar-refractivity contribution >= 4 is 11.9 Å². The summed E-state index contributed by atoms with van der Waals surface area (Å²) >= 11 is 0. The third kappa shape index (κ3) is 3.72. The van der Waals surface area contributed by atoms with Crippen LogP contribution in [0.2, 0.25) is 0 Å². The van der Waals surface area contributed by atoms with E-state index in [-0.39, 0.29) is 18.2 Å². The van der Waals surface area contributed by atoms with Gasteiger partial charge in [0.2, 0.25) is 5.91 Å². The lowest BCUT2D eigenvalue weighted by molar-refractivity contribution is -0.140. The number of carboxylic acids is 1. The normalized spacial score (nSPS) is 28.6. The number of nitrogens with zero attached hydrogens (tertiary/aromatic N) is 1. The first-order valence-corrected chi connectivity index (χ1v) is 7.84. The van der Waals surface area contributed by atoms with Crippen molar-refractivity contribution in [3.05, 3.63) is 0 Å². The first kappa shape index (κ1) is 15.3. The summed E-state index contributed by atoms with van der Waals surface area (Å²) in [6.45, 7) is 0.694. The van der Waals surface area contributed by atoms with E-state index in [0.29, 0.717) is 25.0 Å². The number of hydrogen-bond acceptors (Lipinski definition) is 3. The van der Waals surface area contributed by atoms with Gasteiger partial charge in [-0.2, -0.15) is 0 Å². The van der Waals surface area contributed by atoms with E-state index in [2.05, 4.69) is 4.90 Å². The molecule has 2 unspecified atom stereocenters. The average Bonchev–Trinajstić information content (AvgIpc) is 2.66. The molecular weight excluding hydrogens is 256 g/mol. The molecule has 3 N–H and O–H groups in total. The summed E-state index contributed by atoms with van der Waals surface area (Å²) < 4.78 is 0. The van der Waals surface area contributed by atoms with Crippen LogP contribution in [0.25, 0.3) is 0 Å². The van der Waals surface area contributed by atoms with Gasteiger partial charge in [-0.25, -0.2) is 0 Å². The highest BCUT2D eigenvalue weighted by Crippen LogP contribution is 2.40. The van der Waals surface area contributed by atoms with Gasteiger partial charge in [-0.1, -0.05) is 6.42 Å². The molecule has 2 aliphatic heterocycles. The van der Waals surface area contributed by atoms with Crippen molar-refractivity contribution < 1.29 is 14.7 Å². The van der Waals surface area contributed by atoms with Gasteiger partial charge in [0.05, 0.1) is 0 Å². The Kier molecular flexibility index (Phi) is 5.40. The van der Waals surface area contributed by atoms with Gasteiger partial charge in [0, 0.05) is 24.9 Å². The first-order valence-electron chi connectivity index (χ1n) is 7.84. The molecule has 114 valence electrons. The maximum atomic E-state index is 12.3. The van der Waals surface area contributed by atoms with Crippen molar-refractivity contribution in [3.8, 4) is 0 Å². The summed E-state index contributed by atoms with van der Waals surface area (Å²) in [5.41, 5.74) is 5.45. The Labute approximate surface area is 120 Å². The maximum absolute atomic E-state index is 12.3. The zero-order chi connectivity index (χ0) is 14.5. The molecule has 0 aliphatic carbocycles. The summed E-state index contributed by atoms with van der Waals surface area (Å²) in [6.07, 6.45) is 7.65. The fourth-order valence-corrected chi connectivity index (χ4v) is 3.84. The minimum atomic E-state index is -0.712. The van der Waals surface area contributed by atoms with Crippen molar-refractivity contribution in [2.45, 2.75) is 69.9 Å². The van der Waals surface area contributed by atoms with Crippen molar-refractivity contribution in [1.82, 2.24) is 4.90 Å². The molecule has 2 atom stereocenters. The van der Waals surface area contributed by atoms with E-state index < -0.39 is 5.97 Å². The molecule has 0 aromatic carbocycles. The molecule has 2 rings (SSSR count). The highest BCUT2D eigenvalue weighted by Gasteiger charge is 2.43. The quantitative estimate of drug-likeness (QED) is 0.697. The third-order valence-corrected chi connectivity index (χ3v) is 4.68. The van der Waals surface area contributed by atoms with E-state index in [9.17, 15) is 9.59 Å². The second-order valence-corrected chi connectivity index (χ2v) is 6.22. The Bertz CT molecular complexity index is 345. The van der Waals surface area contributed by atoms with E-state index in [0.717, 1.165) is 44.9 Å². The number of rotatable bonds is 7. The van der Waals surface area contributed by atoms with E-state index >= 15 is 0 Å². The number of hydrogen-bond donors (Lipinski definition) is 2. The molecule has 5 heteroatoms. The number of aliphatic carboxylic acids is 1. The molecule has 2 bridgehead atoms. The largest absolute Gasteiger partial charge is 0.481 e. The molecule has 2 heterocycles. The van der Waals surface area contributed by atoms with Crippen molar-refractivity contribution in [2.24, 2.45) is 11.7 Å². The fraction of sp³-hybridized carbons (Fsp3) is 0.867. The zero-order valence-corrected chi connectivity index (χ0v) is 12.1. The standard InChI is InChI=1S/C15H26N2O3/c16-7-3-1-2-4-14(18)17-12-5-6-13(17)9-11(8-12)10-15(19)20/h11-13H,1-10,16H2,(H,19,20). The molecule has 20 heavy (non-hydrogen) atoms. The van der Waals surface area contributed by atoms with Crippen LogP contribution in [0, 0.1) is 5.92 Å². The molecule has 1 amide bonds. The van der Waals surface area contributed by atoms with Gasteiger partial charge in [0.25, 0.3) is 0 Å². The molecule has 0 saturated carbocycles. The summed E-state index contributed by atoms with van der Waals surface area (Å²) in [5, 5.41) is 8.91. The predicted molar refractivity (Wildman–Crippen MR) is 76.2 cm³/mol. The summed E-state index contributed by atoms with van der Waals surface area (Å²) in [4.78, 5) is 25.2. The summed E-state index contributed by atoms with van der Waals surface area (Å²) in [7, 11) is 0. The molecule has 5 nitrogen and oxygen atoms in total. The Hall–Kier alpha value is -1.10. The summed E-state index contributed by atoms with van der Waals surface area (Å²) in [6, 6.07) is 0.584. The number of carboxylic acid groups (broad SMARTS) is 1. The maximum Gasteiger partial charge on any atom is 0.303 e. The minimum Gasteiger partial charge on any atom is -0.481 e. The highest BCUT2D eigenvalue weighted by molar-refractivity contribution is 5.77. The second kappa shape index (κ2) is 7.07. The van der Waals surface area contributed by atoms with E-state index in [4.69, 9.17) is 10.8 Å². The van der Waals surface area contributed by atoms with E-state index in [1.165, 1.54) is 0 Å². The molecule has 0 radical (unpaired) electrons. The number of carbonyl (C=O) groups excluding carboxylic acids is 1. The van der Waals surface area contributed by atoms with Gasteiger partial charge in [0.1, 0.15) is 0 Å². The monoisotopic (exact) mass is 282 g/mol. The van der Waals surface area contributed by atoms with Crippen LogP contribution >= 0.6 is 0 Å². The van der Waals surface area contributed by atoms with E-state index in [1.54, 1.807) is 0 Å². The average molecular weight is 282 g/mol. The fourth-order valence-electron chi connectivity index (χ4n) is 3.84. The number of piperidine rings is 1. The number of amides is 1. The van der Waals surface area contributed by atoms with Gasteiger partial charge < -0.3 is 15.7 Å². The molecule has 2 aliphatic rings. The SMILES string of the molecule is NCCCCCC(=O)N1C2CCC1CC(CC(=O)O)C2. The Morgan fingerprint density at radius 1 is 1.10 bits per heavy atom. The predicted octanol–water partition coefficient (Wildman–Crippen LogP) is 1.75. The van der Waals surface area contributed by atoms with Crippen LogP contribution in [0.3, 0.4) is 0 Å². The van der Waals surface area contributed by atoms with Gasteiger partial charge in [-0.3, -0.25) is 9.59 Å². The number of unbranched alkanes of at least 4 members (excludes halogenated alkanes) is 2. The van der Waals surface area contributed by atoms with Crippen LogP contribution in [0.1, 0.15) is 57.8 Å². The molecule has 2 fully saturated rings. The van der Waals surface area contributed by atoms with Gasteiger partial charge >= 0.3 is 5.97 Å². The lowest BCUT2D eigenvalue weighted by atomic mass is 9.88. The van der Waals surface area contributed by atoms with Crippen molar-refractivity contribution in [2.75, 3.05) is 6.54 Å². The number of carbonyl (C=O) groups is 2. The molecular formula is C15H26N2O3. The highest BCUT2D eigenvalue weighted by atomic mass is 16.4. The van der Waals surface area contributed by atoms with Crippen molar-refractivity contribution in [3.63, 3.8) is 0 Å².